The predicted molar refractivity (Wildman–Crippen MR) is 108 cm³/mol. The molecule has 30 heavy (non-hydrogen) atoms. The highest BCUT2D eigenvalue weighted by Gasteiger charge is 2.35. The Balaban J connectivity index is 1.48. The third-order valence-corrected chi connectivity index (χ3v) is 5.02. The second-order valence-corrected chi connectivity index (χ2v) is 7.15. The van der Waals surface area contributed by atoms with Gasteiger partial charge < -0.3 is 10.2 Å². The average molecular weight is 416 g/mol. The van der Waals surface area contributed by atoms with E-state index >= 15 is 0 Å². The van der Waals surface area contributed by atoms with E-state index in [-0.39, 0.29) is 24.4 Å². The van der Waals surface area contributed by atoms with Gasteiger partial charge in [-0.05, 0) is 29.5 Å². The van der Waals surface area contributed by atoms with Crippen LogP contribution in [0.25, 0.3) is 5.57 Å². The third-order valence-electron chi connectivity index (χ3n) is 5.02. The normalized spacial score (nSPS) is 14.2. The van der Waals surface area contributed by atoms with Crippen LogP contribution < -0.4 is 5.32 Å². The first-order valence-electron chi connectivity index (χ1n) is 9.81. The van der Waals surface area contributed by atoms with Gasteiger partial charge >= 0.3 is 6.18 Å². The molecule has 0 aromatic heterocycles. The van der Waals surface area contributed by atoms with Crippen LogP contribution in [-0.4, -0.2) is 36.0 Å². The smallest absolute Gasteiger partial charge is 0.353 e. The van der Waals surface area contributed by atoms with Gasteiger partial charge in [-0.1, -0.05) is 54.6 Å². The fourth-order valence-electron chi connectivity index (χ4n) is 3.45. The van der Waals surface area contributed by atoms with Crippen LogP contribution in [0.5, 0.6) is 0 Å². The maximum Gasteiger partial charge on any atom is 0.417 e. The minimum Gasteiger partial charge on any atom is -0.353 e. The number of fused-ring (bicyclic) bond motifs is 1. The first-order valence-corrected chi connectivity index (χ1v) is 9.81. The van der Waals surface area contributed by atoms with Gasteiger partial charge in [0.2, 0.25) is 11.8 Å². The molecular weight excluding hydrogens is 393 g/mol. The Morgan fingerprint density at radius 2 is 1.67 bits per heavy atom. The van der Waals surface area contributed by atoms with Gasteiger partial charge in [0.25, 0.3) is 0 Å². The molecule has 0 atom stereocenters. The van der Waals surface area contributed by atoms with Gasteiger partial charge in [-0.2, -0.15) is 13.2 Å². The number of benzene rings is 2. The summed E-state index contributed by atoms with van der Waals surface area (Å²) in [5.41, 5.74) is 1.32. The molecule has 2 amide bonds. The Bertz CT molecular complexity index is 924. The molecule has 158 valence electrons. The second kappa shape index (κ2) is 9.61. The lowest BCUT2D eigenvalue weighted by Crippen LogP contribution is -2.36. The summed E-state index contributed by atoms with van der Waals surface area (Å²) in [6.07, 6.45) is -2.67. The SMILES string of the molecule is O=C(/C=C(\c1ccccc1)C(F)(F)F)NCCCC(=O)N1CCc2ccccc2C1. The van der Waals surface area contributed by atoms with Crippen molar-refractivity contribution in [3.63, 3.8) is 0 Å². The largest absolute Gasteiger partial charge is 0.417 e. The van der Waals surface area contributed by atoms with E-state index in [9.17, 15) is 22.8 Å². The number of carbonyl (C=O) groups is 2. The summed E-state index contributed by atoms with van der Waals surface area (Å²) >= 11 is 0. The van der Waals surface area contributed by atoms with E-state index in [0.29, 0.717) is 25.6 Å². The standard InChI is InChI=1S/C23H23F3N2O2/c24-23(25,26)20(18-8-2-1-3-9-18)15-21(29)27-13-6-11-22(30)28-14-12-17-7-4-5-10-19(17)16-28/h1-5,7-10,15H,6,11-14,16H2,(H,27,29)/b20-15+. The molecule has 0 saturated heterocycles. The first kappa shape index (κ1) is 21.6. The number of nitrogens with one attached hydrogen (secondary N) is 1. The van der Waals surface area contributed by atoms with Crippen LogP contribution in [0.4, 0.5) is 13.2 Å². The summed E-state index contributed by atoms with van der Waals surface area (Å²) in [5.74, 6) is -0.847. The van der Waals surface area contributed by atoms with Crippen LogP contribution in [-0.2, 0) is 22.6 Å². The topological polar surface area (TPSA) is 49.4 Å². The summed E-state index contributed by atoms with van der Waals surface area (Å²) in [5, 5.41) is 2.44. The number of alkyl halides is 3. The van der Waals surface area contributed by atoms with Crippen molar-refractivity contribution in [1.82, 2.24) is 10.2 Å². The number of carbonyl (C=O) groups excluding carboxylic acids is 2. The molecule has 0 fully saturated rings. The Morgan fingerprint density at radius 3 is 2.37 bits per heavy atom. The monoisotopic (exact) mass is 416 g/mol. The summed E-state index contributed by atoms with van der Waals surface area (Å²) in [6.45, 7) is 1.35. The quantitative estimate of drug-likeness (QED) is 0.569. The molecule has 0 bridgehead atoms. The Labute approximate surface area is 173 Å². The van der Waals surface area contributed by atoms with E-state index in [1.54, 1.807) is 11.0 Å². The number of amides is 2. The maximum atomic E-state index is 13.3. The minimum atomic E-state index is -4.64. The fourth-order valence-corrected chi connectivity index (χ4v) is 3.45. The van der Waals surface area contributed by atoms with Crippen LogP contribution in [0.15, 0.2) is 60.7 Å². The molecule has 0 unspecified atom stereocenters. The van der Waals surface area contributed by atoms with Crippen molar-refractivity contribution in [2.45, 2.75) is 32.0 Å². The highest BCUT2D eigenvalue weighted by Crippen LogP contribution is 2.33. The van der Waals surface area contributed by atoms with Gasteiger partial charge in [0.1, 0.15) is 0 Å². The van der Waals surface area contributed by atoms with Crippen molar-refractivity contribution in [3.05, 3.63) is 77.4 Å². The zero-order valence-electron chi connectivity index (χ0n) is 16.4. The molecule has 2 aromatic carbocycles. The van der Waals surface area contributed by atoms with Crippen molar-refractivity contribution in [2.24, 2.45) is 0 Å². The van der Waals surface area contributed by atoms with Crippen molar-refractivity contribution in [1.29, 1.82) is 0 Å². The molecule has 4 nitrogen and oxygen atoms in total. The highest BCUT2D eigenvalue weighted by atomic mass is 19.4. The molecule has 0 aliphatic carbocycles. The van der Waals surface area contributed by atoms with Gasteiger partial charge in [0, 0.05) is 32.1 Å². The lowest BCUT2D eigenvalue weighted by Gasteiger charge is -2.29. The van der Waals surface area contributed by atoms with E-state index in [1.165, 1.54) is 29.8 Å². The number of hydrogen-bond acceptors (Lipinski definition) is 2. The van der Waals surface area contributed by atoms with Crippen molar-refractivity contribution >= 4 is 17.4 Å². The fraction of sp³-hybridized carbons (Fsp3) is 0.304. The van der Waals surface area contributed by atoms with Gasteiger partial charge in [-0.25, -0.2) is 0 Å². The van der Waals surface area contributed by atoms with E-state index in [4.69, 9.17) is 0 Å². The summed E-state index contributed by atoms with van der Waals surface area (Å²) in [6, 6.07) is 15.2. The third kappa shape index (κ3) is 5.72. The molecular formula is C23H23F3N2O2. The van der Waals surface area contributed by atoms with Gasteiger partial charge in [0.15, 0.2) is 0 Å². The van der Waals surface area contributed by atoms with Gasteiger partial charge in [-0.15, -0.1) is 0 Å². The lowest BCUT2D eigenvalue weighted by molar-refractivity contribution is -0.132. The van der Waals surface area contributed by atoms with E-state index in [1.807, 2.05) is 18.2 Å². The number of halogens is 3. The molecule has 2 aromatic rings. The number of hydrogen-bond donors (Lipinski definition) is 1. The average Bonchev–Trinajstić information content (AvgIpc) is 2.74. The maximum absolute atomic E-state index is 13.3. The molecule has 1 heterocycles. The summed E-state index contributed by atoms with van der Waals surface area (Å²) in [4.78, 5) is 26.2. The zero-order chi connectivity index (χ0) is 21.6. The molecule has 0 spiro atoms. The first-order chi connectivity index (χ1) is 14.3. The van der Waals surface area contributed by atoms with Crippen LogP contribution in [0, 0.1) is 0 Å². The number of allylic oxidation sites excluding steroid dienone is 1. The summed E-state index contributed by atoms with van der Waals surface area (Å²) in [7, 11) is 0. The van der Waals surface area contributed by atoms with E-state index < -0.39 is 17.7 Å². The van der Waals surface area contributed by atoms with E-state index in [0.717, 1.165) is 12.0 Å². The van der Waals surface area contributed by atoms with Crippen molar-refractivity contribution in [3.8, 4) is 0 Å². The second-order valence-electron chi connectivity index (χ2n) is 7.15. The van der Waals surface area contributed by atoms with E-state index in [2.05, 4.69) is 11.4 Å². The van der Waals surface area contributed by atoms with Crippen molar-refractivity contribution in [2.75, 3.05) is 13.1 Å². The molecule has 3 rings (SSSR count). The zero-order valence-corrected chi connectivity index (χ0v) is 16.4. The van der Waals surface area contributed by atoms with Crippen LogP contribution in [0.1, 0.15) is 29.5 Å². The minimum absolute atomic E-state index is 0.0189. The Morgan fingerprint density at radius 1 is 1.00 bits per heavy atom. The highest BCUT2D eigenvalue weighted by molar-refractivity contribution is 5.96. The van der Waals surface area contributed by atoms with Crippen molar-refractivity contribution < 1.29 is 22.8 Å². The Hall–Kier alpha value is -3.09. The molecule has 1 aliphatic heterocycles. The predicted octanol–water partition coefficient (Wildman–Crippen LogP) is 4.11. The molecule has 7 heteroatoms. The summed E-state index contributed by atoms with van der Waals surface area (Å²) < 4.78 is 39.8. The van der Waals surface area contributed by atoms with Crippen LogP contribution in [0.2, 0.25) is 0 Å². The molecule has 1 aliphatic rings. The van der Waals surface area contributed by atoms with Gasteiger partial charge in [-0.3, -0.25) is 9.59 Å². The van der Waals surface area contributed by atoms with Crippen LogP contribution in [0.3, 0.4) is 0 Å². The number of nitrogens with zero attached hydrogens (tertiary/aromatic N) is 1. The Kier molecular flexibility index (Phi) is 6.92. The molecule has 1 N–H and O–H groups in total. The molecule has 0 saturated carbocycles. The molecule has 0 radical (unpaired) electrons. The number of rotatable bonds is 6. The lowest BCUT2D eigenvalue weighted by atomic mass is 9.99. The van der Waals surface area contributed by atoms with Gasteiger partial charge in [0.05, 0.1) is 5.57 Å². The van der Waals surface area contributed by atoms with Crippen LogP contribution >= 0.6 is 0 Å².